The summed E-state index contributed by atoms with van der Waals surface area (Å²) < 4.78 is 5.13. The molecule has 0 aromatic heterocycles. The van der Waals surface area contributed by atoms with Gasteiger partial charge in [0.25, 0.3) is 0 Å². The Kier molecular flexibility index (Phi) is 4.59. The zero-order valence-electron chi connectivity index (χ0n) is 11.9. The maximum atomic E-state index is 12.1. The third-order valence-electron chi connectivity index (χ3n) is 2.94. The molecule has 0 aliphatic carbocycles. The molecule has 2 amide bonds. The molecule has 2 atom stereocenters. The second kappa shape index (κ2) is 5.59. The molecule has 0 aromatic rings. The molecule has 1 aliphatic rings. The van der Waals surface area contributed by atoms with Gasteiger partial charge >= 0.3 is 6.09 Å². The SMILES string of the molecule is CC(NC(=O)OC(C)(C)C)C(=O)N1CCC[C@@H]1C. The second-order valence-electron chi connectivity index (χ2n) is 5.89. The van der Waals surface area contributed by atoms with Crippen LogP contribution in [0.5, 0.6) is 0 Å². The average molecular weight is 256 g/mol. The van der Waals surface area contributed by atoms with Gasteiger partial charge in [-0.15, -0.1) is 0 Å². The van der Waals surface area contributed by atoms with E-state index >= 15 is 0 Å². The van der Waals surface area contributed by atoms with Crippen molar-refractivity contribution in [2.75, 3.05) is 6.54 Å². The third kappa shape index (κ3) is 4.20. The Morgan fingerprint density at radius 3 is 2.44 bits per heavy atom. The third-order valence-corrected chi connectivity index (χ3v) is 2.94. The molecule has 0 saturated carbocycles. The lowest BCUT2D eigenvalue weighted by atomic mass is 10.2. The van der Waals surface area contributed by atoms with Crippen LogP contribution in [0.2, 0.25) is 0 Å². The van der Waals surface area contributed by atoms with Crippen LogP contribution in [0, 0.1) is 0 Å². The molecule has 5 heteroatoms. The Hall–Kier alpha value is -1.26. The van der Waals surface area contributed by atoms with Gasteiger partial charge in [0.1, 0.15) is 11.6 Å². The predicted octanol–water partition coefficient (Wildman–Crippen LogP) is 1.91. The summed E-state index contributed by atoms with van der Waals surface area (Å²) in [5.74, 6) is -0.0362. The number of carbonyl (C=O) groups excluding carboxylic acids is 2. The molecule has 1 rings (SSSR count). The number of nitrogens with zero attached hydrogens (tertiary/aromatic N) is 1. The van der Waals surface area contributed by atoms with Crippen LogP contribution in [0.4, 0.5) is 4.79 Å². The number of likely N-dealkylation sites (tertiary alicyclic amines) is 1. The van der Waals surface area contributed by atoms with E-state index in [0.717, 1.165) is 19.4 Å². The van der Waals surface area contributed by atoms with Gasteiger partial charge in [-0.1, -0.05) is 0 Å². The Bertz CT molecular complexity index is 323. The average Bonchev–Trinajstić information content (AvgIpc) is 2.60. The summed E-state index contributed by atoms with van der Waals surface area (Å²) in [5.41, 5.74) is -0.548. The second-order valence-corrected chi connectivity index (χ2v) is 5.89. The monoisotopic (exact) mass is 256 g/mol. The molecule has 1 N–H and O–H groups in total. The zero-order valence-corrected chi connectivity index (χ0v) is 11.9. The molecule has 0 spiro atoms. The van der Waals surface area contributed by atoms with Crippen molar-refractivity contribution in [3.63, 3.8) is 0 Å². The minimum atomic E-state index is -0.548. The lowest BCUT2D eigenvalue weighted by molar-refractivity contribution is -0.133. The topological polar surface area (TPSA) is 58.6 Å². The Morgan fingerprint density at radius 1 is 1.39 bits per heavy atom. The van der Waals surface area contributed by atoms with Gasteiger partial charge in [0.2, 0.25) is 5.91 Å². The molecular formula is C13H24N2O3. The lowest BCUT2D eigenvalue weighted by Gasteiger charge is -2.26. The van der Waals surface area contributed by atoms with E-state index in [1.165, 1.54) is 0 Å². The summed E-state index contributed by atoms with van der Waals surface area (Å²) in [6.45, 7) is 9.88. The van der Waals surface area contributed by atoms with Crippen molar-refractivity contribution in [3.05, 3.63) is 0 Å². The van der Waals surface area contributed by atoms with Crippen molar-refractivity contribution in [3.8, 4) is 0 Å². The fraction of sp³-hybridized carbons (Fsp3) is 0.846. The molecule has 104 valence electrons. The van der Waals surface area contributed by atoms with Crippen LogP contribution in [-0.2, 0) is 9.53 Å². The van der Waals surface area contributed by atoms with E-state index in [1.54, 1.807) is 27.7 Å². The minimum absolute atomic E-state index is 0.0362. The number of rotatable bonds is 2. The van der Waals surface area contributed by atoms with Gasteiger partial charge in [-0.05, 0) is 47.5 Å². The van der Waals surface area contributed by atoms with Gasteiger partial charge in [-0.2, -0.15) is 0 Å². The number of hydrogen-bond acceptors (Lipinski definition) is 3. The molecule has 0 radical (unpaired) electrons. The summed E-state index contributed by atoms with van der Waals surface area (Å²) >= 11 is 0. The van der Waals surface area contributed by atoms with Gasteiger partial charge in [-0.25, -0.2) is 4.79 Å². The Labute approximate surface area is 109 Å². The number of ether oxygens (including phenoxy) is 1. The maximum absolute atomic E-state index is 12.1. The van der Waals surface area contributed by atoms with E-state index in [-0.39, 0.29) is 11.9 Å². The molecule has 1 fully saturated rings. The van der Waals surface area contributed by atoms with E-state index < -0.39 is 17.7 Å². The summed E-state index contributed by atoms with van der Waals surface area (Å²) in [6, 6.07) is -0.277. The van der Waals surface area contributed by atoms with Crippen molar-refractivity contribution in [1.29, 1.82) is 0 Å². The summed E-state index contributed by atoms with van der Waals surface area (Å²) in [4.78, 5) is 25.5. The first-order valence-electron chi connectivity index (χ1n) is 6.50. The number of alkyl carbamates (subject to hydrolysis) is 1. The van der Waals surface area contributed by atoms with Crippen molar-refractivity contribution < 1.29 is 14.3 Å². The largest absolute Gasteiger partial charge is 0.444 e. The normalized spacial score (nSPS) is 21.6. The van der Waals surface area contributed by atoms with Crippen molar-refractivity contribution in [2.24, 2.45) is 0 Å². The molecule has 18 heavy (non-hydrogen) atoms. The summed E-state index contributed by atoms with van der Waals surface area (Å²) in [5, 5.41) is 2.58. The van der Waals surface area contributed by atoms with E-state index in [1.807, 2.05) is 11.8 Å². The highest BCUT2D eigenvalue weighted by Crippen LogP contribution is 2.17. The number of hydrogen-bond donors (Lipinski definition) is 1. The van der Waals surface area contributed by atoms with Gasteiger partial charge in [-0.3, -0.25) is 4.79 Å². The number of carbonyl (C=O) groups is 2. The van der Waals surface area contributed by atoms with Gasteiger partial charge in [0.15, 0.2) is 0 Å². The first-order valence-corrected chi connectivity index (χ1v) is 6.50. The van der Waals surface area contributed by atoms with E-state index in [0.29, 0.717) is 0 Å². The standard InChI is InChI=1S/C13H24N2O3/c1-9-7-6-8-15(9)11(16)10(2)14-12(17)18-13(3,4)5/h9-10H,6-8H2,1-5H3,(H,14,17)/t9-,10?/m0/s1. The van der Waals surface area contributed by atoms with Crippen LogP contribution < -0.4 is 5.32 Å². The Balaban J connectivity index is 2.47. The summed E-state index contributed by atoms with van der Waals surface area (Å²) in [7, 11) is 0. The van der Waals surface area contributed by atoms with Gasteiger partial charge in [0.05, 0.1) is 0 Å². The van der Waals surface area contributed by atoms with Crippen LogP contribution in [0.15, 0.2) is 0 Å². The quantitative estimate of drug-likeness (QED) is 0.821. The highest BCUT2D eigenvalue weighted by molar-refractivity contribution is 5.85. The van der Waals surface area contributed by atoms with Crippen molar-refractivity contribution in [1.82, 2.24) is 10.2 Å². The number of nitrogens with one attached hydrogen (secondary N) is 1. The minimum Gasteiger partial charge on any atom is -0.444 e. The van der Waals surface area contributed by atoms with Crippen LogP contribution in [-0.4, -0.2) is 41.1 Å². The molecule has 0 bridgehead atoms. The smallest absolute Gasteiger partial charge is 0.408 e. The lowest BCUT2D eigenvalue weighted by Crippen LogP contribution is -2.49. The molecule has 5 nitrogen and oxygen atoms in total. The zero-order chi connectivity index (χ0) is 13.9. The number of amides is 2. The highest BCUT2D eigenvalue weighted by Gasteiger charge is 2.30. The van der Waals surface area contributed by atoms with Crippen LogP contribution >= 0.6 is 0 Å². The molecule has 1 unspecified atom stereocenters. The van der Waals surface area contributed by atoms with E-state index in [4.69, 9.17) is 4.74 Å². The van der Waals surface area contributed by atoms with Gasteiger partial charge in [0, 0.05) is 12.6 Å². The molecule has 1 saturated heterocycles. The molecule has 0 aromatic carbocycles. The fourth-order valence-corrected chi connectivity index (χ4v) is 2.06. The van der Waals surface area contributed by atoms with Crippen LogP contribution in [0.1, 0.15) is 47.5 Å². The maximum Gasteiger partial charge on any atom is 0.408 e. The first-order chi connectivity index (χ1) is 8.20. The predicted molar refractivity (Wildman–Crippen MR) is 69.2 cm³/mol. The van der Waals surface area contributed by atoms with Gasteiger partial charge < -0.3 is 15.0 Å². The molecular weight excluding hydrogens is 232 g/mol. The molecule has 1 heterocycles. The van der Waals surface area contributed by atoms with Crippen molar-refractivity contribution >= 4 is 12.0 Å². The van der Waals surface area contributed by atoms with Crippen molar-refractivity contribution in [2.45, 2.75) is 65.1 Å². The molecule has 1 aliphatic heterocycles. The van der Waals surface area contributed by atoms with E-state index in [9.17, 15) is 9.59 Å². The fourth-order valence-electron chi connectivity index (χ4n) is 2.06. The van der Waals surface area contributed by atoms with Crippen LogP contribution in [0.25, 0.3) is 0 Å². The summed E-state index contributed by atoms with van der Waals surface area (Å²) in [6.07, 6.45) is 1.52. The highest BCUT2D eigenvalue weighted by atomic mass is 16.6. The van der Waals surface area contributed by atoms with Crippen LogP contribution in [0.3, 0.4) is 0 Å². The Morgan fingerprint density at radius 2 is 2.00 bits per heavy atom. The van der Waals surface area contributed by atoms with E-state index in [2.05, 4.69) is 5.32 Å². The first kappa shape index (κ1) is 14.8.